The predicted molar refractivity (Wildman–Crippen MR) is 69.0 cm³/mol. The van der Waals surface area contributed by atoms with Crippen LogP contribution in [0.3, 0.4) is 0 Å². The maximum Gasteiger partial charge on any atom is 0.305 e. The number of carboxylic acid groups (broad SMARTS) is 1. The van der Waals surface area contributed by atoms with Crippen molar-refractivity contribution in [1.29, 1.82) is 0 Å². The van der Waals surface area contributed by atoms with Crippen LogP contribution in [0.5, 0.6) is 0 Å². The molecule has 2 rings (SSSR count). The van der Waals surface area contributed by atoms with Gasteiger partial charge in [0.1, 0.15) is 5.76 Å². The molecule has 1 aliphatic rings. The van der Waals surface area contributed by atoms with E-state index in [0.29, 0.717) is 12.8 Å². The monoisotopic (exact) mass is 265 g/mol. The molecule has 0 atom stereocenters. The molecule has 5 nitrogen and oxygen atoms in total. The van der Waals surface area contributed by atoms with E-state index in [1.165, 1.54) is 0 Å². The molecule has 0 aliphatic heterocycles. The Bertz CT molecular complexity index is 472. The van der Waals surface area contributed by atoms with Crippen molar-refractivity contribution in [3.05, 3.63) is 23.7 Å². The van der Waals surface area contributed by atoms with Crippen molar-refractivity contribution >= 4 is 11.9 Å². The van der Waals surface area contributed by atoms with Crippen molar-refractivity contribution < 1.29 is 19.1 Å². The van der Waals surface area contributed by atoms with Gasteiger partial charge in [-0.1, -0.05) is 19.8 Å². The van der Waals surface area contributed by atoms with E-state index in [4.69, 9.17) is 9.52 Å². The number of amides is 1. The summed E-state index contributed by atoms with van der Waals surface area (Å²) in [6.07, 6.45) is 4.03. The molecule has 1 aliphatic carbocycles. The first-order valence-corrected chi connectivity index (χ1v) is 6.68. The molecule has 1 aromatic heterocycles. The van der Waals surface area contributed by atoms with Crippen LogP contribution in [-0.4, -0.2) is 22.5 Å². The van der Waals surface area contributed by atoms with Gasteiger partial charge in [0, 0.05) is 6.42 Å². The van der Waals surface area contributed by atoms with E-state index in [-0.39, 0.29) is 18.1 Å². The number of carbonyl (C=O) groups is 2. The van der Waals surface area contributed by atoms with E-state index >= 15 is 0 Å². The second-order valence-electron chi connectivity index (χ2n) is 5.13. The van der Waals surface area contributed by atoms with Crippen molar-refractivity contribution in [2.75, 3.05) is 0 Å². The number of aliphatic carboxylic acids is 1. The van der Waals surface area contributed by atoms with Crippen molar-refractivity contribution in [3.63, 3.8) is 0 Å². The van der Waals surface area contributed by atoms with Crippen LogP contribution in [0.15, 0.2) is 16.5 Å². The van der Waals surface area contributed by atoms with Gasteiger partial charge in [0.05, 0.1) is 12.0 Å². The fourth-order valence-corrected chi connectivity index (χ4v) is 2.68. The molecule has 19 heavy (non-hydrogen) atoms. The second-order valence-corrected chi connectivity index (χ2v) is 5.13. The zero-order chi connectivity index (χ0) is 13.9. The average molecular weight is 265 g/mol. The van der Waals surface area contributed by atoms with Crippen LogP contribution in [0, 0.1) is 0 Å². The highest BCUT2D eigenvalue weighted by atomic mass is 16.4. The van der Waals surface area contributed by atoms with E-state index < -0.39 is 11.5 Å². The largest absolute Gasteiger partial charge is 0.481 e. The SMILES string of the molecule is CCc1ccc(C(=O)NC2(CC(=O)O)CCCC2)o1. The molecule has 0 unspecified atom stereocenters. The van der Waals surface area contributed by atoms with Gasteiger partial charge in [-0.25, -0.2) is 0 Å². The quantitative estimate of drug-likeness (QED) is 0.856. The fraction of sp³-hybridized carbons (Fsp3) is 0.571. The number of rotatable bonds is 5. The van der Waals surface area contributed by atoms with Gasteiger partial charge in [-0.3, -0.25) is 9.59 Å². The molecule has 1 aromatic rings. The Balaban J connectivity index is 2.08. The van der Waals surface area contributed by atoms with Crippen LogP contribution in [0.2, 0.25) is 0 Å². The maximum atomic E-state index is 12.1. The summed E-state index contributed by atoms with van der Waals surface area (Å²) in [6, 6.07) is 3.41. The van der Waals surface area contributed by atoms with Gasteiger partial charge in [0.15, 0.2) is 5.76 Å². The maximum absolute atomic E-state index is 12.1. The zero-order valence-electron chi connectivity index (χ0n) is 11.1. The number of nitrogens with one attached hydrogen (secondary N) is 1. The smallest absolute Gasteiger partial charge is 0.305 e. The Morgan fingerprint density at radius 2 is 2.05 bits per heavy atom. The van der Waals surface area contributed by atoms with E-state index in [9.17, 15) is 9.59 Å². The Labute approximate surface area is 112 Å². The number of hydrogen-bond donors (Lipinski definition) is 2. The molecule has 0 saturated heterocycles. The fourth-order valence-electron chi connectivity index (χ4n) is 2.68. The van der Waals surface area contributed by atoms with E-state index in [1.54, 1.807) is 12.1 Å². The lowest BCUT2D eigenvalue weighted by Gasteiger charge is -2.28. The Morgan fingerprint density at radius 1 is 1.37 bits per heavy atom. The molecule has 0 radical (unpaired) electrons. The molecule has 0 aromatic carbocycles. The number of carbonyl (C=O) groups excluding carboxylic acids is 1. The molecule has 1 fully saturated rings. The van der Waals surface area contributed by atoms with Gasteiger partial charge < -0.3 is 14.8 Å². The highest BCUT2D eigenvalue weighted by Crippen LogP contribution is 2.33. The first kappa shape index (κ1) is 13.6. The van der Waals surface area contributed by atoms with Crippen molar-refractivity contribution in [3.8, 4) is 0 Å². The summed E-state index contributed by atoms with van der Waals surface area (Å²) in [5.74, 6) is -0.184. The van der Waals surface area contributed by atoms with Crippen LogP contribution < -0.4 is 5.32 Å². The zero-order valence-corrected chi connectivity index (χ0v) is 11.1. The van der Waals surface area contributed by atoms with Gasteiger partial charge in [0.25, 0.3) is 5.91 Å². The molecule has 104 valence electrons. The summed E-state index contributed by atoms with van der Waals surface area (Å²) in [7, 11) is 0. The van der Waals surface area contributed by atoms with Crippen molar-refractivity contribution in [2.45, 2.75) is 51.0 Å². The Morgan fingerprint density at radius 3 is 2.58 bits per heavy atom. The van der Waals surface area contributed by atoms with Gasteiger partial charge in [-0.2, -0.15) is 0 Å². The molecular formula is C14H19NO4. The lowest BCUT2D eigenvalue weighted by atomic mass is 9.93. The number of furan rings is 1. The first-order valence-electron chi connectivity index (χ1n) is 6.68. The number of hydrogen-bond acceptors (Lipinski definition) is 3. The minimum Gasteiger partial charge on any atom is -0.481 e. The Kier molecular flexibility index (Phi) is 3.93. The van der Waals surface area contributed by atoms with Crippen LogP contribution in [0.1, 0.15) is 55.3 Å². The van der Waals surface area contributed by atoms with E-state index in [0.717, 1.165) is 25.0 Å². The molecular weight excluding hydrogens is 246 g/mol. The third kappa shape index (κ3) is 3.16. The minimum absolute atomic E-state index is 0.0277. The van der Waals surface area contributed by atoms with Crippen LogP contribution in [0.4, 0.5) is 0 Å². The van der Waals surface area contributed by atoms with Gasteiger partial charge in [0.2, 0.25) is 0 Å². The predicted octanol–water partition coefficient (Wildman–Crippen LogP) is 2.36. The third-order valence-corrected chi connectivity index (χ3v) is 3.66. The number of aryl methyl sites for hydroxylation is 1. The van der Waals surface area contributed by atoms with Gasteiger partial charge in [-0.15, -0.1) is 0 Å². The van der Waals surface area contributed by atoms with Crippen LogP contribution in [0.25, 0.3) is 0 Å². The normalized spacial score (nSPS) is 17.3. The van der Waals surface area contributed by atoms with Crippen LogP contribution >= 0.6 is 0 Å². The molecule has 1 saturated carbocycles. The first-order chi connectivity index (χ1) is 9.04. The highest BCUT2D eigenvalue weighted by Gasteiger charge is 2.38. The van der Waals surface area contributed by atoms with E-state index in [1.807, 2.05) is 6.92 Å². The van der Waals surface area contributed by atoms with Crippen LogP contribution in [-0.2, 0) is 11.2 Å². The lowest BCUT2D eigenvalue weighted by molar-refractivity contribution is -0.138. The minimum atomic E-state index is -0.879. The topological polar surface area (TPSA) is 79.5 Å². The summed E-state index contributed by atoms with van der Waals surface area (Å²) < 4.78 is 5.40. The van der Waals surface area contributed by atoms with E-state index in [2.05, 4.69) is 5.32 Å². The molecule has 0 spiro atoms. The standard InChI is InChI=1S/C14H19NO4/c1-2-10-5-6-11(19-10)13(18)15-14(9-12(16)17)7-3-4-8-14/h5-6H,2-4,7-9H2,1H3,(H,15,18)(H,16,17). The number of carboxylic acids is 1. The summed E-state index contributed by atoms with van der Waals surface area (Å²) in [5, 5.41) is 11.9. The average Bonchev–Trinajstić information content (AvgIpc) is 2.97. The molecule has 5 heteroatoms. The summed E-state index contributed by atoms with van der Waals surface area (Å²) >= 11 is 0. The van der Waals surface area contributed by atoms with Crippen molar-refractivity contribution in [2.24, 2.45) is 0 Å². The molecule has 0 bridgehead atoms. The summed E-state index contributed by atoms with van der Waals surface area (Å²) in [6.45, 7) is 1.95. The Hall–Kier alpha value is -1.78. The molecule has 1 heterocycles. The molecule has 2 N–H and O–H groups in total. The third-order valence-electron chi connectivity index (χ3n) is 3.66. The summed E-state index contributed by atoms with van der Waals surface area (Å²) in [4.78, 5) is 23.1. The van der Waals surface area contributed by atoms with Gasteiger partial charge in [-0.05, 0) is 25.0 Å². The van der Waals surface area contributed by atoms with Crippen molar-refractivity contribution in [1.82, 2.24) is 5.32 Å². The summed E-state index contributed by atoms with van der Waals surface area (Å²) in [5.41, 5.74) is -0.609. The second kappa shape index (κ2) is 5.47. The van der Waals surface area contributed by atoms with Gasteiger partial charge >= 0.3 is 5.97 Å². The molecule has 1 amide bonds. The highest BCUT2D eigenvalue weighted by molar-refractivity contribution is 5.92. The lowest BCUT2D eigenvalue weighted by Crippen LogP contribution is -2.47.